The molecule has 0 heterocycles. The van der Waals surface area contributed by atoms with Gasteiger partial charge < -0.3 is 26.2 Å². The molecule has 212 valence electrons. The van der Waals surface area contributed by atoms with Gasteiger partial charge in [0, 0.05) is 23.1 Å². The highest BCUT2D eigenvalue weighted by Gasteiger charge is 2.64. The highest BCUT2D eigenvalue weighted by Crippen LogP contribution is 2.53. The van der Waals surface area contributed by atoms with Crippen LogP contribution >= 0.6 is 11.6 Å². The molecule has 1 fully saturated rings. The van der Waals surface area contributed by atoms with Gasteiger partial charge in [0.05, 0.1) is 11.6 Å². The van der Waals surface area contributed by atoms with Crippen LogP contribution in [0.4, 0.5) is 0 Å². The third kappa shape index (κ3) is 4.43. The first-order chi connectivity index (χ1) is 18.3. The lowest BCUT2D eigenvalue weighted by Crippen LogP contribution is -2.65. The summed E-state index contributed by atoms with van der Waals surface area (Å²) in [5.74, 6) is -6.80. The second-order valence-electron chi connectivity index (χ2n) is 10.9. The minimum absolute atomic E-state index is 0.00311. The predicted molar refractivity (Wildman–Crippen MR) is 145 cm³/mol. The van der Waals surface area contributed by atoms with Crippen molar-refractivity contribution in [2.45, 2.75) is 57.7 Å². The van der Waals surface area contributed by atoms with Gasteiger partial charge in [0.25, 0.3) is 5.91 Å². The number of primary amides is 1. The number of aliphatic hydroxyl groups is 3. The van der Waals surface area contributed by atoms with Crippen LogP contribution in [0.15, 0.2) is 23.0 Å². The zero-order valence-corrected chi connectivity index (χ0v) is 23.4. The van der Waals surface area contributed by atoms with Crippen LogP contribution in [-0.2, 0) is 27.3 Å². The molecule has 10 nitrogen and oxygen atoms in total. The molecule has 0 aromatic heterocycles. The molecule has 39 heavy (non-hydrogen) atoms. The van der Waals surface area contributed by atoms with Crippen molar-refractivity contribution in [1.29, 1.82) is 0 Å². The molecule has 3 aliphatic rings. The predicted octanol–water partition coefficient (Wildman–Crippen LogP) is 2.24. The van der Waals surface area contributed by atoms with Crippen molar-refractivity contribution in [3.8, 4) is 5.75 Å². The average molecular weight is 562 g/mol. The van der Waals surface area contributed by atoms with Gasteiger partial charge in [-0.3, -0.25) is 24.2 Å². The van der Waals surface area contributed by atoms with Crippen molar-refractivity contribution in [2.24, 2.45) is 17.6 Å². The number of ketones is 2. The molecule has 4 atom stereocenters. The Morgan fingerprint density at radius 2 is 1.87 bits per heavy atom. The third-order valence-corrected chi connectivity index (χ3v) is 8.87. The molecule has 1 saturated carbocycles. The van der Waals surface area contributed by atoms with Crippen LogP contribution in [0.5, 0.6) is 5.75 Å². The Balaban J connectivity index is 1.86. The van der Waals surface area contributed by atoms with Crippen LogP contribution in [0.25, 0.3) is 5.76 Å². The van der Waals surface area contributed by atoms with E-state index in [9.17, 15) is 34.8 Å². The van der Waals surface area contributed by atoms with Crippen LogP contribution < -0.4 is 5.73 Å². The third-order valence-electron chi connectivity index (χ3n) is 8.40. The van der Waals surface area contributed by atoms with Crippen LogP contribution in [0.3, 0.4) is 0 Å². The number of likely N-dealkylation sites (N-methyl/N-ethyl adjacent to an activating group) is 1. The molecule has 4 rings (SSSR count). The van der Waals surface area contributed by atoms with E-state index in [-0.39, 0.29) is 29.7 Å². The largest absolute Gasteiger partial charge is 0.508 e. The number of amides is 1. The molecule has 0 unspecified atom stereocenters. The van der Waals surface area contributed by atoms with Gasteiger partial charge in [0.1, 0.15) is 22.8 Å². The quantitative estimate of drug-likeness (QED) is 0.299. The second kappa shape index (κ2) is 10.6. The summed E-state index contributed by atoms with van der Waals surface area (Å²) in [5.41, 5.74) is 2.81. The molecular weight excluding hydrogens is 526 g/mol. The normalized spacial score (nSPS) is 26.7. The summed E-state index contributed by atoms with van der Waals surface area (Å²) in [6, 6.07) is 0.344. The zero-order valence-electron chi connectivity index (χ0n) is 22.6. The van der Waals surface area contributed by atoms with Crippen LogP contribution in [-0.4, -0.2) is 86.5 Å². The number of halogens is 1. The van der Waals surface area contributed by atoms with Gasteiger partial charge in [-0.25, -0.2) is 0 Å². The van der Waals surface area contributed by atoms with Gasteiger partial charge in [-0.2, -0.15) is 0 Å². The Kier molecular flexibility index (Phi) is 7.88. The smallest absolute Gasteiger partial charge is 0.255 e. The van der Waals surface area contributed by atoms with Crippen molar-refractivity contribution < 1.29 is 34.8 Å². The first kappa shape index (κ1) is 29.1. The maximum Gasteiger partial charge on any atom is 0.255 e. The standard InChI is InChI=1S/C28H36ClN3O7/c1-5-7-8-32(6-2)12-14-11-17(33)19-15(21(14)29)9-13-10-16-22(31(3)4)24(35)20(27(30)38)26(37)28(16,39)25(36)18(13)23(19)34/h11,13,16,22,33-34,37,39H,5-10,12H2,1-4H3,(H2,30,38)/t13-,16-,22-,28-/m0/s1. The molecule has 0 aliphatic heterocycles. The fourth-order valence-corrected chi connectivity index (χ4v) is 6.72. The van der Waals surface area contributed by atoms with Crippen LogP contribution in [0, 0.1) is 11.8 Å². The van der Waals surface area contributed by atoms with E-state index in [1.165, 1.54) is 11.0 Å². The fraction of sp³-hybridized carbons (Fsp3) is 0.536. The number of aliphatic hydroxyl groups excluding tert-OH is 2. The fourth-order valence-electron chi connectivity index (χ4n) is 6.43. The lowest BCUT2D eigenvalue weighted by molar-refractivity contribution is -0.153. The number of benzene rings is 1. The van der Waals surface area contributed by atoms with Gasteiger partial charge in [0.2, 0.25) is 5.78 Å². The van der Waals surface area contributed by atoms with E-state index in [0.717, 1.165) is 25.9 Å². The number of phenols is 1. The van der Waals surface area contributed by atoms with Gasteiger partial charge in [-0.05, 0) is 69.6 Å². The second-order valence-corrected chi connectivity index (χ2v) is 11.3. The number of fused-ring (bicyclic) bond motifs is 3. The van der Waals surface area contributed by atoms with Gasteiger partial charge in [0.15, 0.2) is 11.4 Å². The maximum absolute atomic E-state index is 13.9. The number of carbonyl (C=O) groups excluding carboxylic acids is 3. The van der Waals surface area contributed by atoms with Crippen molar-refractivity contribution >= 4 is 34.8 Å². The monoisotopic (exact) mass is 561 g/mol. The number of carbonyl (C=O) groups is 3. The van der Waals surface area contributed by atoms with Gasteiger partial charge in [-0.1, -0.05) is 31.9 Å². The summed E-state index contributed by atoms with van der Waals surface area (Å²) in [7, 11) is 3.12. The maximum atomic E-state index is 13.9. The Morgan fingerprint density at radius 1 is 1.21 bits per heavy atom. The summed E-state index contributed by atoms with van der Waals surface area (Å²) < 4.78 is 0. The number of nitrogens with two attached hydrogens (primary N) is 1. The number of rotatable bonds is 8. The minimum Gasteiger partial charge on any atom is -0.508 e. The highest BCUT2D eigenvalue weighted by atomic mass is 35.5. The van der Waals surface area contributed by atoms with Crippen molar-refractivity contribution in [1.82, 2.24) is 9.80 Å². The molecule has 1 aromatic rings. The first-order valence-corrected chi connectivity index (χ1v) is 13.6. The molecule has 0 bridgehead atoms. The zero-order chi connectivity index (χ0) is 29.0. The minimum atomic E-state index is -2.66. The molecule has 1 amide bonds. The topological polar surface area (TPSA) is 165 Å². The number of Topliss-reactive ketones (excluding diaryl/α,β-unsaturated/α-hetero) is 2. The Hall–Kier alpha value is -2.92. The summed E-state index contributed by atoms with van der Waals surface area (Å²) in [5, 5.41) is 45.2. The number of aromatic hydroxyl groups is 1. The number of hydrogen-bond donors (Lipinski definition) is 5. The van der Waals surface area contributed by atoms with Crippen LogP contribution in [0.2, 0.25) is 5.02 Å². The van der Waals surface area contributed by atoms with E-state index < -0.39 is 58.0 Å². The van der Waals surface area contributed by atoms with E-state index in [1.807, 2.05) is 6.92 Å². The van der Waals surface area contributed by atoms with E-state index in [1.54, 1.807) is 14.1 Å². The van der Waals surface area contributed by atoms with Crippen molar-refractivity contribution in [3.05, 3.63) is 44.7 Å². The van der Waals surface area contributed by atoms with Gasteiger partial charge in [-0.15, -0.1) is 0 Å². The number of phenolic OH excluding ortho intramolecular Hbond substituents is 1. The summed E-state index contributed by atoms with van der Waals surface area (Å²) >= 11 is 6.84. The number of unbranched alkanes of at least 4 members (excludes halogenated alkanes) is 1. The lowest BCUT2D eigenvalue weighted by Gasteiger charge is -2.50. The molecule has 1 aromatic carbocycles. The summed E-state index contributed by atoms with van der Waals surface area (Å²) in [6.07, 6.45) is 2.22. The van der Waals surface area contributed by atoms with Crippen molar-refractivity contribution in [3.63, 3.8) is 0 Å². The Morgan fingerprint density at radius 3 is 2.44 bits per heavy atom. The average Bonchev–Trinajstić information content (AvgIpc) is 2.86. The SMILES string of the molecule is CCCCN(CC)Cc1cc(O)c2c(c1Cl)C[C@H]1C[C@H]3[C@H](N(C)C)C(=O)C(C(N)=O)=C(O)[C@@]3(O)C(=O)C1=C2O. The highest BCUT2D eigenvalue weighted by molar-refractivity contribution is 6.32. The van der Waals surface area contributed by atoms with Crippen molar-refractivity contribution in [2.75, 3.05) is 27.2 Å². The van der Waals surface area contributed by atoms with E-state index in [4.69, 9.17) is 17.3 Å². The molecule has 0 radical (unpaired) electrons. The molecule has 6 N–H and O–H groups in total. The Labute approximate surface area is 232 Å². The van der Waals surface area contributed by atoms with E-state index in [0.29, 0.717) is 22.7 Å². The van der Waals surface area contributed by atoms with E-state index in [2.05, 4.69) is 11.8 Å². The lowest BCUT2D eigenvalue weighted by atomic mass is 9.57. The molecular formula is C28H36ClN3O7. The van der Waals surface area contributed by atoms with Crippen LogP contribution in [0.1, 0.15) is 49.8 Å². The molecule has 3 aliphatic carbocycles. The number of nitrogens with zero attached hydrogens (tertiary/aromatic N) is 2. The Bertz CT molecular complexity index is 1300. The summed E-state index contributed by atoms with van der Waals surface area (Å²) in [4.78, 5) is 42.8. The first-order valence-electron chi connectivity index (χ1n) is 13.2. The summed E-state index contributed by atoms with van der Waals surface area (Å²) in [6.45, 7) is 6.28. The molecule has 0 spiro atoms. The van der Waals surface area contributed by atoms with E-state index >= 15 is 0 Å². The molecule has 11 heteroatoms. The van der Waals surface area contributed by atoms with Gasteiger partial charge >= 0.3 is 0 Å². The number of hydrogen-bond acceptors (Lipinski definition) is 9. The molecule has 0 saturated heterocycles.